The molecule has 0 spiro atoms. The molecule has 0 aromatic heterocycles. The lowest BCUT2D eigenvalue weighted by molar-refractivity contribution is -0.137. The first kappa shape index (κ1) is 10.5. The van der Waals surface area contributed by atoms with Gasteiger partial charge in [0.15, 0.2) is 0 Å². The third-order valence-electron chi connectivity index (χ3n) is 2.44. The van der Waals surface area contributed by atoms with E-state index in [0.29, 0.717) is 12.5 Å². The van der Waals surface area contributed by atoms with Crippen LogP contribution in [0.2, 0.25) is 0 Å². The number of aliphatic carboxylic acids is 1. The SMILES string of the molecule is O=C(O)CCCCC1CCCCO1. The average molecular weight is 186 g/mol. The molecule has 0 aromatic carbocycles. The summed E-state index contributed by atoms with van der Waals surface area (Å²) in [6.45, 7) is 0.892. The number of carboxylic acid groups (broad SMARTS) is 1. The molecule has 0 aliphatic carbocycles. The summed E-state index contributed by atoms with van der Waals surface area (Å²) in [5, 5.41) is 8.42. The second-order valence-corrected chi connectivity index (χ2v) is 3.63. The Labute approximate surface area is 79.1 Å². The third-order valence-corrected chi connectivity index (χ3v) is 2.44. The summed E-state index contributed by atoms with van der Waals surface area (Å²) < 4.78 is 5.54. The highest BCUT2D eigenvalue weighted by atomic mass is 16.5. The molecule has 0 amide bonds. The first-order valence-electron chi connectivity index (χ1n) is 5.12. The quantitative estimate of drug-likeness (QED) is 0.669. The number of carbonyl (C=O) groups is 1. The number of unbranched alkanes of at least 4 members (excludes halogenated alkanes) is 1. The minimum absolute atomic E-state index is 0.298. The number of hydrogen-bond acceptors (Lipinski definition) is 2. The molecule has 1 saturated heterocycles. The fourth-order valence-electron chi connectivity index (χ4n) is 1.68. The zero-order valence-corrected chi connectivity index (χ0v) is 8.00. The fraction of sp³-hybridized carbons (Fsp3) is 0.900. The summed E-state index contributed by atoms with van der Waals surface area (Å²) in [5.74, 6) is -0.690. The van der Waals surface area contributed by atoms with Gasteiger partial charge in [0, 0.05) is 13.0 Å². The van der Waals surface area contributed by atoms with E-state index < -0.39 is 5.97 Å². The van der Waals surface area contributed by atoms with E-state index in [2.05, 4.69) is 0 Å². The van der Waals surface area contributed by atoms with Crippen LogP contribution >= 0.6 is 0 Å². The highest BCUT2D eigenvalue weighted by Gasteiger charge is 2.12. The summed E-state index contributed by atoms with van der Waals surface area (Å²) in [7, 11) is 0. The van der Waals surface area contributed by atoms with Gasteiger partial charge in [0.1, 0.15) is 0 Å². The molecule has 1 atom stereocenters. The molecule has 3 nitrogen and oxygen atoms in total. The molecule has 3 heteroatoms. The molecule has 1 N–H and O–H groups in total. The number of rotatable bonds is 5. The van der Waals surface area contributed by atoms with Crippen LogP contribution in [0.3, 0.4) is 0 Å². The zero-order valence-electron chi connectivity index (χ0n) is 8.00. The van der Waals surface area contributed by atoms with Crippen LogP contribution in [0.4, 0.5) is 0 Å². The largest absolute Gasteiger partial charge is 0.481 e. The number of ether oxygens (including phenoxy) is 1. The molecule has 0 bridgehead atoms. The number of hydrogen-bond donors (Lipinski definition) is 1. The Morgan fingerprint density at radius 2 is 2.23 bits per heavy atom. The van der Waals surface area contributed by atoms with Crippen LogP contribution in [0.15, 0.2) is 0 Å². The molecule has 1 heterocycles. The molecule has 1 rings (SSSR count). The van der Waals surface area contributed by atoms with Gasteiger partial charge in [0.05, 0.1) is 6.10 Å². The van der Waals surface area contributed by atoms with Gasteiger partial charge in [0.2, 0.25) is 0 Å². The van der Waals surface area contributed by atoms with Crippen LogP contribution in [0.25, 0.3) is 0 Å². The highest BCUT2D eigenvalue weighted by Crippen LogP contribution is 2.17. The van der Waals surface area contributed by atoms with E-state index in [4.69, 9.17) is 9.84 Å². The Morgan fingerprint density at radius 1 is 1.38 bits per heavy atom. The van der Waals surface area contributed by atoms with Gasteiger partial charge in [0.25, 0.3) is 0 Å². The molecular formula is C10H18O3. The molecule has 1 unspecified atom stereocenters. The van der Waals surface area contributed by atoms with Gasteiger partial charge in [-0.25, -0.2) is 0 Å². The van der Waals surface area contributed by atoms with Crippen molar-refractivity contribution < 1.29 is 14.6 Å². The molecule has 1 aliphatic heterocycles. The Kier molecular flexibility index (Phi) is 4.83. The molecule has 1 fully saturated rings. The predicted molar refractivity (Wildman–Crippen MR) is 49.7 cm³/mol. The second kappa shape index (κ2) is 5.97. The van der Waals surface area contributed by atoms with Crippen LogP contribution < -0.4 is 0 Å². The standard InChI is InChI=1S/C10H18O3/c11-10(12)7-2-1-5-9-6-3-4-8-13-9/h9H,1-8H2,(H,11,12). The highest BCUT2D eigenvalue weighted by molar-refractivity contribution is 5.66. The van der Waals surface area contributed by atoms with Crippen molar-refractivity contribution in [3.05, 3.63) is 0 Å². The van der Waals surface area contributed by atoms with Gasteiger partial charge in [-0.15, -0.1) is 0 Å². The van der Waals surface area contributed by atoms with Crippen molar-refractivity contribution in [3.8, 4) is 0 Å². The Balaban J connectivity index is 1.95. The molecule has 0 saturated carbocycles. The summed E-state index contributed by atoms with van der Waals surface area (Å²) in [6.07, 6.45) is 7.12. The van der Waals surface area contributed by atoms with Crippen molar-refractivity contribution in [2.75, 3.05) is 6.61 Å². The van der Waals surface area contributed by atoms with Crippen LogP contribution in [-0.2, 0) is 9.53 Å². The molecule has 76 valence electrons. The lowest BCUT2D eigenvalue weighted by Gasteiger charge is -2.22. The minimum Gasteiger partial charge on any atom is -0.481 e. The van der Waals surface area contributed by atoms with Gasteiger partial charge >= 0.3 is 5.97 Å². The first-order valence-corrected chi connectivity index (χ1v) is 5.12. The second-order valence-electron chi connectivity index (χ2n) is 3.63. The molecule has 1 aliphatic rings. The number of carboxylic acids is 1. The average Bonchev–Trinajstić information content (AvgIpc) is 2.14. The van der Waals surface area contributed by atoms with Crippen molar-refractivity contribution in [1.82, 2.24) is 0 Å². The minimum atomic E-state index is -0.690. The van der Waals surface area contributed by atoms with Gasteiger partial charge in [-0.05, 0) is 32.1 Å². The normalized spacial score (nSPS) is 22.9. The Hall–Kier alpha value is -0.570. The van der Waals surface area contributed by atoms with E-state index >= 15 is 0 Å². The molecule has 0 radical (unpaired) electrons. The smallest absolute Gasteiger partial charge is 0.303 e. The molecule has 0 aromatic rings. The monoisotopic (exact) mass is 186 g/mol. The van der Waals surface area contributed by atoms with Crippen molar-refractivity contribution in [3.63, 3.8) is 0 Å². The lowest BCUT2D eigenvalue weighted by Crippen LogP contribution is -2.18. The van der Waals surface area contributed by atoms with E-state index in [1.54, 1.807) is 0 Å². The van der Waals surface area contributed by atoms with E-state index in [-0.39, 0.29) is 0 Å². The van der Waals surface area contributed by atoms with Crippen LogP contribution in [0.5, 0.6) is 0 Å². The Morgan fingerprint density at radius 3 is 2.85 bits per heavy atom. The van der Waals surface area contributed by atoms with Crippen LogP contribution in [0, 0.1) is 0 Å². The third kappa shape index (κ3) is 4.88. The maximum Gasteiger partial charge on any atom is 0.303 e. The van der Waals surface area contributed by atoms with Crippen molar-refractivity contribution in [2.45, 2.75) is 51.0 Å². The fourth-order valence-corrected chi connectivity index (χ4v) is 1.68. The maximum atomic E-state index is 10.2. The molecular weight excluding hydrogens is 168 g/mol. The lowest BCUT2D eigenvalue weighted by atomic mass is 10.0. The first-order chi connectivity index (χ1) is 6.29. The van der Waals surface area contributed by atoms with Gasteiger partial charge < -0.3 is 9.84 Å². The summed E-state index contributed by atoms with van der Waals surface area (Å²) in [6, 6.07) is 0. The van der Waals surface area contributed by atoms with Gasteiger partial charge in [-0.3, -0.25) is 4.79 Å². The summed E-state index contributed by atoms with van der Waals surface area (Å²) in [4.78, 5) is 10.2. The van der Waals surface area contributed by atoms with Gasteiger partial charge in [-0.2, -0.15) is 0 Å². The van der Waals surface area contributed by atoms with E-state index in [1.807, 2.05) is 0 Å². The van der Waals surface area contributed by atoms with E-state index in [1.165, 1.54) is 12.8 Å². The maximum absolute atomic E-state index is 10.2. The van der Waals surface area contributed by atoms with Crippen molar-refractivity contribution in [2.24, 2.45) is 0 Å². The summed E-state index contributed by atoms with van der Waals surface area (Å²) >= 11 is 0. The van der Waals surface area contributed by atoms with E-state index in [9.17, 15) is 4.79 Å². The van der Waals surface area contributed by atoms with Gasteiger partial charge in [-0.1, -0.05) is 6.42 Å². The summed E-state index contributed by atoms with van der Waals surface area (Å²) in [5.41, 5.74) is 0. The van der Waals surface area contributed by atoms with Crippen molar-refractivity contribution >= 4 is 5.97 Å². The van der Waals surface area contributed by atoms with E-state index in [0.717, 1.165) is 32.3 Å². The zero-order chi connectivity index (χ0) is 9.52. The topological polar surface area (TPSA) is 46.5 Å². The Bertz CT molecular complexity index is 150. The predicted octanol–water partition coefficient (Wildman–Crippen LogP) is 2.20. The van der Waals surface area contributed by atoms with Crippen LogP contribution in [0.1, 0.15) is 44.9 Å². The van der Waals surface area contributed by atoms with Crippen LogP contribution in [-0.4, -0.2) is 23.8 Å². The van der Waals surface area contributed by atoms with Crippen molar-refractivity contribution in [1.29, 1.82) is 0 Å². The molecule has 13 heavy (non-hydrogen) atoms.